The molecule has 4 aliphatic heterocycles. The zero-order valence-corrected chi connectivity index (χ0v) is 22.7. The van der Waals surface area contributed by atoms with Gasteiger partial charge >= 0.3 is 0 Å². The lowest BCUT2D eigenvalue weighted by molar-refractivity contribution is -0.420. The lowest BCUT2D eigenvalue weighted by Gasteiger charge is -2.56. The van der Waals surface area contributed by atoms with E-state index in [1.165, 1.54) is 28.2 Å². The van der Waals surface area contributed by atoms with Crippen LogP contribution in [0.25, 0.3) is 0 Å². The summed E-state index contributed by atoms with van der Waals surface area (Å²) in [4.78, 5) is 0. The van der Waals surface area contributed by atoms with Crippen LogP contribution in [-0.4, -0.2) is 16.9 Å². The van der Waals surface area contributed by atoms with Crippen LogP contribution < -0.4 is 10.6 Å². The highest BCUT2D eigenvalue weighted by molar-refractivity contribution is 5.68. The molecule has 3 nitrogen and oxygen atoms in total. The van der Waals surface area contributed by atoms with E-state index in [9.17, 15) is 0 Å². The second-order valence-corrected chi connectivity index (χ2v) is 10.0. The first-order valence-corrected chi connectivity index (χ1v) is 13.1. The summed E-state index contributed by atoms with van der Waals surface area (Å²) in [6.07, 6.45) is 12.0. The fraction of sp³-hybridized carbons (Fsp3) is 0.484. The lowest BCUT2D eigenvalue weighted by Crippen LogP contribution is -2.73. The van der Waals surface area contributed by atoms with Gasteiger partial charge in [-0.05, 0) is 42.4 Å². The maximum absolute atomic E-state index is 4.86. The predicted molar refractivity (Wildman–Crippen MR) is 148 cm³/mol. The summed E-state index contributed by atoms with van der Waals surface area (Å²) in [5.41, 5.74) is 7.69. The van der Waals surface area contributed by atoms with Crippen LogP contribution in [0, 0.1) is 17.3 Å². The molecule has 3 fully saturated rings. The normalized spacial score (nSPS) is 31.3. The van der Waals surface area contributed by atoms with Crippen molar-refractivity contribution >= 4 is 5.69 Å². The first kappa shape index (κ1) is 26.1. The number of hydrogen-bond acceptors (Lipinski definition) is 2. The summed E-state index contributed by atoms with van der Waals surface area (Å²) in [5.74, 6) is 1.09. The Morgan fingerprint density at radius 1 is 0.853 bits per heavy atom. The molecule has 1 aliphatic carbocycles. The van der Waals surface area contributed by atoms with Gasteiger partial charge in [0.15, 0.2) is 12.2 Å². The van der Waals surface area contributed by atoms with Gasteiger partial charge in [0.05, 0.1) is 0 Å². The van der Waals surface area contributed by atoms with Crippen LogP contribution in [0.15, 0.2) is 83.9 Å². The topological polar surface area (TPSA) is 36.9 Å². The Balaban J connectivity index is 0.000000771. The van der Waals surface area contributed by atoms with E-state index >= 15 is 0 Å². The highest BCUT2D eigenvalue weighted by atomic mass is 16.6. The Morgan fingerprint density at radius 2 is 1.41 bits per heavy atom. The zero-order chi connectivity index (χ0) is 25.3. The van der Waals surface area contributed by atoms with Gasteiger partial charge in [0.1, 0.15) is 11.8 Å². The fourth-order valence-corrected chi connectivity index (χ4v) is 5.50. The molecule has 34 heavy (non-hydrogen) atoms. The lowest BCUT2D eigenvalue weighted by atomic mass is 9.60. The number of anilines is 1. The molecule has 0 aromatic heterocycles. The minimum Gasteiger partial charge on any atom is -0.426 e. The minimum atomic E-state index is -0.0251. The molecule has 6 rings (SSSR count). The monoisotopic (exact) mass is 461 g/mol. The Bertz CT molecular complexity index is 1030. The van der Waals surface area contributed by atoms with E-state index in [-0.39, 0.29) is 10.8 Å². The SMILES string of the molecule is C=CC1=C(/C=C\C)C(C)(C)/C(=C/C2C3[OH+]C2C3/C=C2\Nc3ccccc3C2(C)C)N1.CC.CC. The van der Waals surface area contributed by atoms with Gasteiger partial charge in [-0.15, -0.1) is 0 Å². The van der Waals surface area contributed by atoms with E-state index in [4.69, 9.17) is 4.74 Å². The second kappa shape index (κ2) is 10.00. The summed E-state index contributed by atoms with van der Waals surface area (Å²) < 4.78 is 4.86. The summed E-state index contributed by atoms with van der Waals surface area (Å²) in [6, 6.07) is 8.65. The van der Waals surface area contributed by atoms with Crippen molar-refractivity contribution in [1.29, 1.82) is 0 Å². The van der Waals surface area contributed by atoms with Gasteiger partial charge in [-0.25, -0.2) is 0 Å². The minimum absolute atomic E-state index is 0.0251. The van der Waals surface area contributed by atoms with E-state index < -0.39 is 0 Å². The van der Waals surface area contributed by atoms with Crippen LogP contribution >= 0.6 is 0 Å². The molecule has 5 aliphatic rings. The standard InChI is InChI=1S/C27H32N2O.2C2H6/c1-7-11-18-20(8-2)28-22(26(18,3)4)14-16-24-17(25(16)30-24)15-23-27(5,6)19-12-9-10-13-21(19)29-23;2*1-2/h7-17,24-25,28-29H,2H2,1,3-6H3;2*1-2H3/p+1/b11-7-,22-14-,23-15-;;. The molecule has 3 N–H and O–H groups in total. The number of hydrogen-bond donors (Lipinski definition) is 2. The highest BCUT2D eigenvalue weighted by Gasteiger charge is 2.69. The maximum Gasteiger partial charge on any atom is 0.183 e. The molecule has 2 bridgehead atoms. The van der Waals surface area contributed by atoms with Gasteiger partial charge in [-0.2, -0.15) is 0 Å². The van der Waals surface area contributed by atoms with Gasteiger partial charge in [0.2, 0.25) is 0 Å². The van der Waals surface area contributed by atoms with Crippen LogP contribution in [0.2, 0.25) is 0 Å². The van der Waals surface area contributed by atoms with Crippen molar-refractivity contribution in [2.45, 2.75) is 79.9 Å². The van der Waals surface area contributed by atoms with Crippen molar-refractivity contribution in [2.75, 3.05) is 5.32 Å². The van der Waals surface area contributed by atoms with Gasteiger partial charge in [-0.1, -0.05) is 92.3 Å². The Kier molecular flexibility index (Phi) is 7.67. The number of nitrogens with one attached hydrogen (secondary N) is 2. The number of ether oxygens (including phenoxy) is 1. The number of aliphatic hydroxyl groups is 2. The average Bonchev–Trinajstić information content (AvgIpc) is 3.21. The van der Waals surface area contributed by atoms with Crippen molar-refractivity contribution in [1.82, 2.24) is 5.32 Å². The predicted octanol–water partition coefficient (Wildman–Crippen LogP) is 7.38. The molecule has 4 heterocycles. The van der Waals surface area contributed by atoms with Crippen LogP contribution in [0.1, 0.15) is 67.9 Å². The molecular weight excluding hydrogens is 416 g/mol. The molecule has 1 aromatic carbocycles. The van der Waals surface area contributed by atoms with Crippen LogP contribution in [0.4, 0.5) is 5.69 Å². The quantitative estimate of drug-likeness (QED) is 0.459. The Hall–Kier alpha value is -2.52. The summed E-state index contributed by atoms with van der Waals surface area (Å²) >= 11 is 0. The molecule has 3 heteroatoms. The third-order valence-corrected chi connectivity index (χ3v) is 7.63. The van der Waals surface area contributed by atoms with Gasteiger partial charge in [-0.3, -0.25) is 0 Å². The van der Waals surface area contributed by atoms with Crippen molar-refractivity contribution < 1.29 is 4.74 Å². The van der Waals surface area contributed by atoms with E-state index in [0.29, 0.717) is 24.0 Å². The largest absolute Gasteiger partial charge is 0.426 e. The van der Waals surface area contributed by atoms with Crippen LogP contribution in [0.3, 0.4) is 0 Å². The number of allylic oxidation sites excluding steroid dienone is 5. The summed E-state index contributed by atoms with van der Waals surface area (Å²) in [7, 11) is 0. The third-order valence-electron chi connectivity index (χ3n) is 7.63. The third kappa shape index (κ3) is 3.98. The number of rotatable bonds is 4. The average molecular weight is 462 g/mol. The van der Waals surface area contributed by atoms with Crippen LogP contribution in [-0.2, 0) is 5.41 Å². The first-order valence-electron chi connectivity index (χ1n) is 13.1. The summed E-state index contributed by atoms with van der Waals surface area (Å²) in [6.45, 7) is 23.3. The molecule has 0 radical (unpaired) electrons. The molecule has 0 spiro atoms. The van der Waals surface area contributed by atoms with Gasteiger partial charge in [0, 0.05) is 33.6 Å². The molecule has 2 unspecified atom stereocenters. The highest BCUT2D eigenvalue weighted by Crippen LogP contribution is 2.54. The van der Waals surface area contributed by atoms with Gasteiger partial charge in [0.25, 0.3) is 0 Å². The molecule has 2 atom stereocenters. The zero-order valence-electron chi connectivity index (χ0n) is 22.7. The number of para-hydroxylation sites is 1. The van der Waals surface area contributed by atoms with E-state index in [2.05, 4.69) is 100 Å². The van der Waals surface area contributed by atoms with Gasteiger partial charge < -0.3 is 15.4 Å². The van der Waals surface area contributed by atoms with E-state index in [0.717, 1.165) is 5.70 Å². The number of benzene rings is 1. The van der Waals surface area contributed by atoms with Crippen molar-refractivity contribution in [3.05, 3.63) is 89.5 Å². The molecule has 2 saturated heterocycles. The molecule has 1 aromatic rings. The summed E-state index contributed by atoms with van der Waals surface area (Å²) in [5, 5.41) is 7.29. The van der Waals surface area contributed by atoms with Crippen molar-refractivity contribution in [3.63, 3.8) is 0 Å². The smallest absolute Gasteiger partial charge is 0.183 e. The van der Waals surface area contributed by atoms with E-state index in [1.54, 1.807) is 0 Å². The first-order chi connectivity index (χ1) is 16.3. The molecule has 1 saturated carbocycles. The van der Waals surface area contributed by atoms with Crippen molar-refractivity contribution in [3.8, 4) is 0 Å². The maximum atomic E-state index is 4.86. The Morgan fingerprint density at radius 3 is 1.91 bits per heavy atom. The fourth-order valence-electron chi connectivity index (χ4n) is 5.50. The molecular formula is C31H45N2O+. The number of fused-ring (bicyclic) bond motifs is 1. The van der Waals surface area contributed by atoms with E-state index in [1.807, 2.05) is 33.8 Å². The Labute approximate surface area is 207 Å². The van der Waals surface area contributed by atoms with Crippen LogP contribution in [0.5, 0.6) is 0 Å². The second-order valence-electron chi connectivity index (χ2n) is 10.0. The molecule has 184 valence electrons. The van der Waals surface area contributed by atoms with Crippen molar-refractivity contribution in [2.24, 2.45) is 17.3 Å². The molecule has 0 amide bonds.